The van der Waals surface area contributed by atoms with E-state index in [1.807, 2.05) is 30.3 Å². The van der Waals surface area contributed by atoms with Crippen molar-refractivity contribution in [1.82, 2.24) is 20.9 Å². The number of rotatable bonds is 7. The summed E-state index contributed by atoms with van der Waals surface area (Å²) in [6, 6.07) is 14.2. The number of benzene rings is 2. The Bertz CT molecular complexity index is 882. The minimum absolute atomic E-state index is 0.0691. The molecule has 0 radical (unpaired) electrons. The van der Waals surface area contributed by atoms with Crippen LogP contribution in [-0.4, -0.2) is 63.7 Å². The zero-order chi connectivity index (χ0) is 22.1. The van der Waals surface area contributed by atoms with E-state index in [-0.39, 0.29) is 17.8 Å². The first kappa shape index (κ1) is 22.7. The zero-order valence-electron chi connectivity index (χ0n) is 18.0. The average molecular weight is 428 g/mol. The lowest BCUT2D eigenvalue weighted by Crippen LogP contribution is -2.46. The van der Waals surface area contributed by atoms with E-state index in [0.29, 0.717) is 37.8 Å². The molecule has 1 aliphatic rings. The topological polar surface area (TPSA) is 78.0 Å². The van der Waals surface area contributed by atoms with Crippen LogP contribution in [0.1, 0.15) is 27.5 Å². The molecule has 3 N–H and O–H groups in total. The van der Waals surface area contributed by atoms with Crippen molar-refractivity contribution in [2.75, 3.05) is 46.9 Å². The summed E-state index contributed by atoms with van der Waals surface area (Å²) in [6.07, 6.45) is 0. The van der Waals surface area contributed by atoms with E-state index < -0.39 is 0 Å². The zero-order valence-corrected chi connectivity index (χ0v) is 18.0. The van der Waals surface area contributed by atoms with Crippen molar-refractivity contribution < 1.29 is 13.9 Å². The molecule has 0 bridgehead atoms. The molecule has 7 nitrogen and oxygen atoms in total. The molecular weight excluding hydrogens is 397 g/mol. The summed E-state index contributed by atoms with van der Waals surface area (Å²) in [4.78, 5) is 18.5. The van der Waals surface area contributed by atoms with Gasteiger partial charge in [-0.3, -0.25) is 14.7 Å². The van der Waals surface area contributed by atoms with Crippen molar-refractivity contribution in [2.24, 2.45) is 4.99 Å². The van der Waals surface area contributed by atoms with E-state index in [1.165, 1.54) is 12.1 Å². The second kappa shape index (κ2) is 11.4. The summed E-state index contributed by atoms with van der Waals surface area (Å²) < 4.78 is 18.9. The third-order valence-corrected chi connectivity index (χ3v) is 5.30. The lowest BCUT2D eigenvalue weighted by molar-refractivity contribution is 0.0170. The largest absolute Gasteiger partial charge is 0.379 e. The molecule has 2 aromatic carbocycles. The second-order valence-electron chi connectivity index (χ2n) is 7.30. The molecule has 0 aliphatic carbocycles. The Labute approximate surface area is 182 Å². The fourth-order valence-corrected chi connectivity index (χ4v) is 3.60. The number of ether oxygens (including phenoxy) is 1. The standard InChI is InChI=1S/C23H30FN5O2/c1-25-22(30)19-5-3-4-17(14-19)15-27-23(26-2)28-16-21(29-10-12-31-13-11-29)18-6-8-20(24)9-7-18/h3-9,14,21H,10-13,15-16H2,1-2H3,(H,25,30)(H2,26,27,28). The van der Waals surface area contributed by atoms with Gasteiger partial charge in [0.15, 0.2) is 5.96 Å². The summed E-state index contributed by atoms with van der Waals surface area (Å²) in [6.45, 7) is 4.16. The molecule has 1 aliphatic heterocycles. The first-order chi connectivity index (χ1) is 15.1. The molecular formula is C23H30FN5O2. The predicted molar refractivity (Wildman–Crippen MR) is 120 cm³/mol. The SMILES string of the molecule is CN=C(NCc1cccc(C(=O)NC)c1)NCC(c1ccc(F)cc1)N1CCOCC1. The summed E-state index contributed by atoms with van der Waals surface area (Å²) in [5.41, 5.74) is 2.64. The molecule has 2 aromatic rings. The van der Waals surface area contributed by atoms with E-state index in [4.69, 9.17) is 4.74 Å². The van der Waals surface area contributed by atoms with E-state index in [2.05, 4.69) is 25.8 Å². The first-order valence-corrected chi connectivity index (χ1v) is 10.4. The maximum Gasteiger partial charge on any atom is 0.251 e. The quantitative estimate of drug-likeness (QED) is 0.465. The number of nitrogens with one attached hydrogen (secondary N) is 3. The Morgan fingerprint density at radius 1 is 1.16 bits per heavy atom. The van der Waals surface area contributed by atoms with Gasteiger partial charge in [-0.25, -0.2) is 4.39 Å². The summed E-state index contributed by atoms with van der Waals surface area (Å²) in [5.74, 6) is 0.302. The van der Waals surface area contributed by atoms with Crippen LogP contribution in [0.5, 0.6) is 0 Å². The van der Waals surface area contributed by atoms with E-state index in [9.17, 15) is 9.18 Å². The molecule has 3 rings (SSSR count). The summed E-state index contributed by atoms with van der Waals surface area (Å²) in [5, 5.41) is 9.31. The molecule has 1 atom stereocenters. The molecule has 1 unspecified atom stereocenters. The third kappa shape index (κ3) is 6.50. The van der Waals surface area contributed by atoms with Gasteiger partial charge in [0.1, 0.15) is 5.82 Å². The Hall–Kier alpha value is -2.97. The van der Waals surface area contributed by atoms with Crippen molar-refractivity contribution in [3.8, 4) is 0 Å². The van der Waals surface area contributed by atoms with E-state index >= 15 is 0 Å². The highest BCUT2D eigenvalue weighted by atomic mass is 19.1. The van der Waals surface area contributed by atoms with Crippen molar-refractivity contribution in [3.63, 3.8) is 0 Å². The number of hydrogen-bond donors (Lipinski definition) is 3. The van der Waals surface area contributed by atoms with Crippen LogP contribution in [0.2, 0.25) is 0 Å². The summed E-state index contributed by atoms with van der Waals surface area (Å²) >= 11 is 0. The van der Waals surface area contributed by atoms with Gasteiger partial charge in [-0.05, 0) is 35.4 Å². The van der Waals surface area contributed by atoms with Crippen LogP contribution in [0.3, 0.4) is 0 Å². The Morgan fingerprint density at radius 3 is 2.58 bits per heavy atom. The Morgan fingerprint density at radius 2 is 1.90 bits per heavy atom. The number of guanidine groups is 1. The fraction of sp³-hybridized carbons (Fsp3) is 0.391. The predicted octanol–water partition coefficient (Wildman–Crippen LogP) is 1.92. The molecule has 8 heteroatoms. The molecule has 1 saturated heterocycles. The van der Waals surface area contributed by atoms with Crippen molar-refractivity contribution >= 4 is 11.9 Å². The number of halogens is 1. The molecule has 1 heterocycles. The number of morpholine rings is 1. The van der Waals surface area contributed by atoms with Crippen molar-refractivity contribution in [1.29, 1.82) is 0 Å². The lowest BCUT2D eigenvalue weighted by atomic mass is 10.0. The van der Waals surface area contributed by atoms with Gasteiger partial charge in [-0.15, -0.1) is 0 Å². The molecule has 0 spiro atoms. The molecule has 166 valence electrons. The molecule has 0 saturated carbocycles. The van der Waals surface area contributed by atoms with Gasteiger partial charge >= 0.3 is 0 Å². The Kier molecular flexibility index (Phi) is 8.37. The highest BCUT2D eigenvalue weighted by molar-refractivity contribution is 5.94. The van der Waals surface area contributed by atoms with Gasteiger partial charge in [0.05, 0.1) is 19.3 Å². The van der Waals surface area contributed by atoms with Crippen LogP contribution in [0.25, 0.3) is 0 Å². The van der Waals surface area contributed by atoms with Crippen molar-refractivity contribution in [3.05, 3.63) is 71.0 Å². The van der Waals surface area contributed by atoms with Gasteiger partial charge in [0, 0.05) is 45.8 Å². The van der Waals surface area contributed by atoms with Crippen LogP contribution >= 0.6 is 0 Å². The van der Waals surface area contributed by atoms with Crippen LogP contribution < -0.4 is 16.0 Å². The second-order valence-corrected chi connectivity index (χ2v) is 7.30. The molecule has 0 aromatic heterocycles. The van der Waals surface area contributed by atoms with Gasteiger partial charge in [0.2, 0.25) is 0 Å². The monoisotopic (exact) mass is 427 g/mol. The van der Waals surface area contributed by atoms with Crippen molar-refractivity contribution in [2.45, 2.75) is 12.6 Å². The minimum atomic E-state index is -0.242. The number of nitrogens with zero attached hydrogens (tertiary/aromatic N) is 2. The van der Waals surface area contributed by atoms with Gasteiger partial charge in [0.25, 0.3) is 5.91 Å². The van der Waals surface area contributed by atoms with Gasteiger partial charge < -0.3 is 20.7 Å². The highest BCUT2D eigenvalue weighted by Gasteiger charge is 2.23. The molecule has 31 heavy (non-hydrogen) atoms. The van der Waals surface area contributed by atoms with Crippen LogP contribution in [-0.2, 0) is 11.3 Å². The van der Waals surface area contributed by atoms with E-state index in [0.717, 1.165) is 24.2 Å². The third-order valence-electron chi connectivity index (χ3n) is 5.30. The molecule has 1 amide bonds. The van der Waals surface area contributed by atoms with Crippen LogP contribution in [0.15, 0.2) is 53.5 Å². The average Bonchev–Trinajstić information content (AvgIpc) is 2.82. The number of amides is 1. The highest BCUT2D eigenvalue weighted by Crippen LogP contribution is 2.21. The first-order valence-electron chi connectivity index (χ1n) is 10.4. The number of carbonyl (C=O) groups excluding carboxylic acids is 1. The molecule has 1 fully saturated rings. The maximum atomic E-state index is 13.4. The minimum Gasteiger partial charge on any atom is -0.379 e. The Balaban J connectivity index is 1.62. The van der Waals surface area contributed by atoms with Gasteiger partial charge in [-0.2, -0.15) is 0 Å². The fourth-order valence-electron chi connectivity index (χ4n) is 3.60. The number of carbonyl (C=O) groups is 1. The number of hydrogen-bond acceptors (Lipinski definition) is 4. The van der Waals surface area contributed by atoms with Gasteiger partial charge in [-0.1, -0.05) is 24.3 Å². The number of aliphatic imine (C=N–C) groups is 1. The van der Waals surface area contributed by atoms with E-state index in [1.54, 1.807) is 20.2 Å². The maximum absolute atomic E-state index is 13.4. The van der Waals surface area contributed by atoms with Crippen LogP contribution in [0, 0.1) is 5.82 Å². The smallest absolute Gasteiger partial charge is 0.251 e. The normalized spacial score (nSPS) is 15.9. The van der Waals surface area contributed by atoms with Crippen LogP contribution in [0.4, 0.5) is 4.39 Å². The summed E-state index contributed by atoms with van der Waals surface area (Å²) in [7, 11) is 3.34. The lowest BCUT2D eigenvalue weighted by Gasteiger charge is -2.35.